The highest BCUT2D eigenvalue weighted by Gasteiger charge is 2.50. The average molecular weight is 332 g/mol. The van der Waals surface area contributed by atoms with Crippen LogP contribution in [0.1, 0.15) is 59.7 Å². The molecule has 130 valence electrons. The molecule has 2 N–H and O–H groups in total. The average Bonchev–Trinajstić information content (AvgIpc) is 2.99. The zero-order valence-corrected chi connectivity index (χ0v) is 14.4. The molecule has 2 atom stereocenters. The Morgan fingerprint density at radius 2 is 2.08 bits per heavy atom. The summed E-state index contributed by atoms with van der Waals surface area (Å²) < 4.78 is 5.55. The van der Waals surface area contributed by atoms with E-state index in [1.54, 1.807) is 7.11 Å². The summed E-state index contributed by atoms with van der Waals surface area (Å²) in [6, 6.07) is 0. The zero-order valence-electron chi connectivity index (χ0n) is 14.4. The van der Waals surface area contributed by atoms with Gasteiger partial charge in [-0.15, -0.1) is 0 Å². The summed E-state index contributed by atoms with van der Waals surface area (Å²) in [5.74, 6) is 0.279. The molecule has 1 aromatic rings. The number of carboxylic acids is 1. The fraction of sp³-hybridized carbons (Fsp3) is 0.579. The number of phenolic OH excluding ortho intramolecular Hbond substituents is 1. The lowest BCUT2D eigenvalue weighted by Gasteiger charge is -2.18. The smallest absolute Gasteiger partial charge is 0.303 e. The van der Waals surface area contributed by atoms with Gasteiger partial charge < -0.3 is 14.9 Å². The molecule has 0 aromatic heterocycles. The number of rotatable bonds is 6. The van der Waals surface area contributed by atoms with Crippen molar-refractivity contribution in [2.45, 2.75) is 52.4 Å². The number of ether oxygens (including phenoxy) is 1. The number of aromatic hydroxyl groups is 1. The third kappa shape index (κ3) is 2.66. The number of aliphatic carboxylic acids is 1. The minimum atomic E-state index is -0.777. The molecule has 1 fully saturated rings. The molecule has 0 spiro atoms. The van der Waals surface area contributed by atoms with Crippen molar-refractivity contribution in [3.8, 4) is 11.5 Å². The van der Waals surface area contributed by atoms with E-state index in [-0.39, 0.29) is 23.4 Å². The third-order valence-electron chi connectivity index (χ3n) is 5.88. The number of carboxylic acid groups (broad SMARTS) is 1. The Morgan fingerprint density at radius 3 is 2.71 bits per heavy atom. The second-order valence-corrected chi connectivity index (χ2v) is 7.42. The van der Waals surface area contributed by atoms with Gasteiger partial charge in [0.2, 0.25) is 0 Å². The van der Waals surface area contributed by atoms with Gasteiger partial charge in [-0.3, -0.25) is 9.59 Å². The number of hydrogen-bond donors (Lipinski definition) is 2. The highest BCUT2D eigenvalue weighted by atomic mass is 16.5. The first kappa shape index (κ1) is 16.8. The van der Waals surface area contributed by atoms with Crippen LogP contribution in [-0.2, 0) is 17.6 Å². The van der Waals surface area contributed by atoms with Crippen molar-refractivity contribution >= 4 is 11.8 Å². The molecule has 1 aromatic carbocycles. The number of ketones is 1. The van der Waals surface area contributed by atoms with E-state index in [4.69, 9.17) is 9.84 Å². The highest BCUT2D eigenvalue weighted by Crippen LogP contribution is 2.58. The van der Waals surface area contributed by atoms with Crippen molar-refractivity contribution in [2.75, 3.05) is 7.11 Å². The summed E-state index contributed by atoms with van der Waals surface area (Å²) in [4.78, 5) is 22.9. The van der Waals surface area contributed by atoms with Gasteiger partial charge in [-0.25, -0.2) is 0 Å². The van der Waals surface area contributed by atoms with Crippen LogP contribution in [0, 0.1) is 18.3 Å². The predicted molar refractivity (Wildman–Crippen MR) is 88.8 cm³/mol. The number of carbonyl (C=O) groups excluding carboxylic acids is 1. The van der Waals surface area contributed by atoms with Crippen molar-refractivity contribution in [3.05, 3.63) is 22.3 Å². The standard InChI is InChI=1S/C19H24O5/c1-10-12-4-5-14(20)16(12)17(23)13(18(10)24-3)8-11-9-19(11,2)7-6-15(21)22/h11,23H,4-9H2,1-3H3,(H,21,22). The molecule has 2 unspecified atom stereocenters. The minimum Gasteiger partial charge on any atom is -0.507 e. The lowest BCUT2D eigenvalue weighted by Crippen LogP contribution is -2.08. The second kappa shape index (κ2) is 5.80. The van der Waals surface area contributed by atoms with Gasteiger partial charge in [-0.2, -0.15) is 0 Å². The monoisotopic (exact) mass is 332 g/mol. The van der Waals surface area contributed by atoms with Crippen LogP contribution in [0.5, 0.6) is 11.5 Å². The minimum absolute atomic E-state index is 0.000982. The van der Waals surface area contributed by atoms with E-state index in [1.165, 1.54) is 0 Å². The molecule has 0 bridgehead atoms. The van der Waals surface area contributed by atoms with Crippen molar-refractivity contribution in [1.29, 1.82) is 0 Å². The maximum Gasteiger partial charge on any atom is 0.303 e. The van der Waals surface area contributed by atoms with Gasteiger partial charge in [0, 0.05) is 18.4 Å². The first-order valence-corrected chi connectivity index (χ1v) is 8.44. The summed E-state index contributed by atoms with van der Waals surface area (Å²) in [5.41, 5.74) is 3.01. The summed E-state index contributed by atoms with van der Waals surface area (Å²) in [6.07, 6.45) is 3.45. The molecule has 5 heteroatoms. The largest absolute Gasteiger partial charge is 0.507 e. The number of phenols is 1. The van der Waals surface area contributed by atoms with Crippen LogP contribution in [0.4, 0.5) is 0 Å². The predicted octanol–water partition coefficient (Wildman–Crippen LogP) is 3.27. The van der Waals surface area contributed by atoms with Crippen LogP contribution in [0.2, 0.25) is 0 Å². The zero-order chi connectivity index (χ0) is 17.6. The SMILES string of the molecule is COc1c(C)c2c(c(O)c1CC1CC1(C)CCC(=O)O)C(=O)CC2. The number of methoxy groups -OCH3 is 1. The molecule has 0 radical (unpaired) electrons. The Morgan fingerprint density at radius 1 is 1.38 bits per heavy atom. The van der Waals surface area contributed by atoms with Gasteiger partial charge in [0.1, 0.15) is 11.5 Å². The van der Waals surface area contributed by atoms with Gasteiger partial charge >= 0.3 is 5.97 Å². The molecule has 24 heavy (non-hydrogen) atoms. The van der Waals surface area contributed by atoms with Gasteiger partial charge in [0.05, 0.1) is 12.7 Å². The second-order valence-electron chi connectivity index (χ2n) is 7.42. The maximum atomic E-state index is 12.1. The van der Waals surface area contributed by atoms with Crippen molar-refractivity contribution in [1.82, 2.24) is 0 Å². The molecule has 0 amide bonds. The van der Waals surface area contributed by atoms with Crippen LogP contribution in [-0.4, -0.2) is 29.1 Å². The van der Waals surface area contributed by atoms with Crippen LogP contribution in [0.15, 0.2) is 0 Å². The Labute approximate surface area is 141 Å². The summed E-state index contributed by atoms with van der Waals surface area (Å²) >= 11 is 0. The molecule has 2 aliphatic rings. The van der Waals surface area contributed by atoms with Crippen LogP contribution in [0.3, 0.4) is 0 Å². The quantitative estimate of drug-likeness (QED) is 0.835. The molecular weight excluding hydrogens is 308 g/mol. The number of carbonyl (C=O) groups is 2. The van der Waals surface area contributed by atoms with E-state index < -0.39 is 5.97 Å². The molecular formula is C19H24O5. The van der Waals surface area contributed by atoms with Gasteiger partial charge in [-0.05, 0) is 55.1 Å². The summed E-state index contributed by atoms with van der Waals surface area (Å²) in [6.45, 7) is 4.03. The maximum absolute atomic E-state index is 12.1. The Kier molecular flexibility index (Phi) is 4.06. The van der Waals surface area contributed by atoms with Crippen LogP contribution in [0.25, 0.3) is 0 Å². The number of benzene rings is 1. The van der Waals surface area contributed by atoms with Crippen molar-refractivity contribution < 1.29 is 24.5 Å². The highest BCUT2D eigenvalue weighted by molar-refractivity contribution is 6.04. The lowest BCUT2D eigenvalue weighted by molar-refractivity contribution is -0.137. The van der Waals surface area contributed by atoms with Gasteiger partial charge in [0.25, 0.3) is 0 Å². The van der Waals surface area contributed by atoms with Crippen molar-refractivity contribution in [2.24, 2.45) is 11.3 Å². The number of Topliss-reactive ketones (excluding diaryl/α,β-unsaturated/α-hetero) is 1. The Balaban J connectivity index is 1.90. The van der Waals surface area contributed by atoms with E-state index in [9.17, 15) is 14.7 Å². The lowest BCUT2D eigenvalue weighted by atomic mass is 9.91. The van der Waals surface area contributed by atoms with E-state index in [0.29, 0.717) is 48.5 Å². The third-order valence-corrected chi connectivity index (χ3v) is 5.88. The number of hydrogen-bond acceptors (Lipinski definition) is 4. The van der Waals surface area contributed by atoms with E-state index in [0.717, 1.165) is 17.5 Å². The van der Waals surface area contributed by atoms with E-state index in [1.807, 2.05) is 6.92 Å². The summed E-state index contributed by atoms with van der Waals surface area (Å²) in [7, 11) is 1.59. The molecule has 0 heterocycles. The van der Waals surface area contributed by atoms with Crippen LogP contribution >= 0.6 is 0 Å². The normalized spacial score (nSPS) is 24.8. The Hall–Kier alpha value is -2.04. The molecule has 1 saturated carbocycles. The molecule has 0 saturated heterocycles. The van der Waals surface area contributed by atoms with Gasteiger partial charge in [0.15, 0.2) is 5.78 Å². The molecule has 3 rings (SSSR count). The fourth-order valence-corrected chi connectivity index (χ4v) is 4.16. The molecule has 2 aliphatic carbocycles. The summed E-state index contributed by atoms with van der Waals surface area (Å²) in [5, 5.41) is 19.6. The van der Waals surface area contributed by atoms with Crippen molar-refractivity contribution in [3.63, 3.8) is 0 Å². The fourth-order valence-electron chi connectivity index (χ4n) is 4.16. The van der Waals surface area contributed by atoms with E-state index in [2.05, 4.69) is 6.92 Å². The molecule has 0 aliphatic heterocycles. The first-order valence-electron chi connectivity index (χ1n) is 8.44. The van der Waals surface area contributed by atoms with E-state index >= 15 is 0 Å². The molecule has 5 nitrogen and oxygen atoms in total. The number of fused-ring (bicyclic) bond motifs is 1. The van der Waals surface area contributed by atoms with Crippen LogP contribution < -0.4 is 4.74 Å². The Bertz CT molecular complexity index is 721. The first-order chi connectivity index (χ1) is 11.3. The topological polar surface area (TPSA) is 83.8 Å². The van der Waals surface area contributed by atoms with Gasteiger partial charge in [-0.1, -0.05) is 6.92 Å².